The van der Waals surface area contributed by atoms with Crippen molar-refractivity contribution in [3.8, 4) is 0 Å². The highest BCUT2D eigenvalue weighted by Crippen LogP contribution is 2.42. The van der Waals surface area contributed by atoms with Gasteiger partial charge in [-0.15, -0.1) is 0 Å². The SMILES string of the molecule is CC[C@@H]1CN2CC[C@H]1C[C@@H]2[C@H](O)c1ccnc2ccccc12. The summed E-state index contributed by atoms with van der Waals surface area (Å²) in [4.78, 5) is 6.94. The van der Waals surface area contributed by atoms with Crippen LogP contribution in [0.25, 0.3) is 10.9 Å². The summed E-state index contributed by atoms with van der Waals surface area (Å²) in [7, 11) is 0. The molecular weight excluding hydrogens is 272 g/mol. The van der Waals surface area contributed by atoms with Crippen molar-refractivity contribution < 1.29 is 5.11 Å². The Morgan fingerprint density at radius 3 is 2.95 bits per heavy atom. The van der Waals surface area contributed by atoms with E-state index < -0.39 is 6.10 Å². The Morgan fingerprint density at radius 2 is 2.18 bits per heavy atom. The number of rotatable bonds is 3. The number of pyridine rings is 1. The maximum absolute atomic E-state index is 11.1. The molecule has 2 bridgehead atoms. The number of nitrogens with zero attached hydrogens (tertiary/aromatic N) is 2. The molecule has 1 N–H and O–H groups in total. The second kappa shape index (κ2) is 5.64. The quantitative estimate of drug-likeness (QED) is 0.943. The maximum Gasteiger partial charge on any atom is 0.0952 e. The van der Waals surface area contributed by atoms with Crippen LogP contribution in [0.3, 0.4) is 0 Å². The van der Waals surface area contributed by atoms with Crippen LogP contribution in [0, 0.1) is 11.8 Å². The molecule has 0 saturated carbocycles. The van der Waals surface area contributed by atoms with Gasteiger partial charge in [0.25, 0.3) is 0 Å². The zero-order chi connectivity index (χ0) is 15.1. The zero-order valence-electron chi connectivity index (χ0n) is 13.2. The number of piperidine rings is 3. The standard InChI is InChI=1S/C19H24N2O/c1-2-13-12-21-10-8-14(13)11-18(21)19(22)16-7-9-20-17-6-4-3-5-15(16)17/h3-7,9,13-14,18-19,22H,2,8,10-12H2,1H3/t13-,14+,18-,19-/m1/s1. The van der Waals surface area contributed by atoms with E-state index in [9.17, 15) is 5.11 Å². The molecule has 5 rings (SSSR count). The van der Waals surface area contributed by atoms with Crippen LogP contribution in [0.2, 0.25) is 0 Å². The summed E-state index contributed by atoms with van der Waals surface area (Å²) in [5.74, 6) is 1.62. The third-order valence-electron chi connectivity index (χ3n) is 5.83. The molecule has 0 spiro atoms. The molecule has 3 heteroatoms. The molecule has 2 aromatic rings. The molecule has 1 aromatic heterocycles. The van der Waals surface area contributed by atoms with Gasteiger partial charge in [0.05, 0.1) is 11.6 Å². The van der Waals surface area contributed by atoms with Crippen LogP contribution < -0.4 is 0 Å². The van der Waals surface area contributed by atoms with Crippen LogP contribution in [0.4, 0.5) is 0 Å². The van der Waals surface area contributed by atoms with Gasteiger partial charge >= 0.3 is 0 Å². The Labute approximate surface area is 132 Å². The normalized spacial score (nSPS) is 32.3. The second-order valence-electron chi connectivity index (χ2n) is 6.88. The lowest BCUT2D eigenvalue weighted by Crippen LogP contribution is -2.55. The van der Waals surface area contributed by atoms with E-state index in [0.29, 0.717) is 0 Å². The summed E-state index contributed by atoms with van der Waals surface area (Å²) in [6.45, 7) is 4.60. The predicted octanol–water partition coefficient (Wildman–Crippen LogP) is 3.39. The number of aliphatic hydroxyl groups is 1. The summed E-state index contributed by atoms with van der Waals surface area (Å²) in [5, 5.41) is 12.1. The largest absolute Gasteiger partial charge is 0.387 e. The van der Waals surface area contributed by atoms with Gasteiger partial charge in [-0.3, -0.25) is 9.88 Å². The van der Waals surface area contributed by atoms with Crippen molar-refractivity contribution in [3.63, 3.8) is 0 Å². The van der Waals surface area contributed by atoms with Crippen LogP contribution >= 0.6 is 0 Å². The molecule has 116 valence electrons. The average molecular weight is 296 g/mol. The lowest BCUT2D eigenvalue weighted by molar-refractivity contribution is -0.0562. The number of hydrogen-bond donors (Lipinski definition) is 1. The van der Waals surface area contributed by atoms with Crippen LogP contribution in [0.5, 0.6) is 0 Å². The van der Waals surface area contributed by atoms with Gasteiger partial charge < -0.3 is 5.11 Å². The summed E-state index contributed by atoms with van der Waals surface area (Å²) in [5.41, 5.74) is 2.01. The second-order valence-corrected chi connectivity index (χ2v) is 6.88. The van der Waals surface area contributed by atoms with Crippen molar-refractivity contribution in [2.45, 2.75) is 38.3 Å². The molecule has 1 unspecified atom stereocenters. The third-order valence-corrected chi connectivity index (χ3v) is 5.83. The van der Waals surface area contributed by atoms with E-state index in [2.05, 4.69) is 22.9 Å². The van der Waals surface area contributed by atoms with Gasteiger partial charge in [-0.05, 0) is 48.9 Å². The fourth-order valence-electron chi connectivity index (χ4n) is 4.55. The first-order valence-electron chi connectivity index (χ1n) is 8.53. The van der Waals surface area contributed by atoms with E-state index in [0.717, 1.165) is 47.8 Å². The third kappa shape index (κ3) is 2.24. The van der Waals surface area contributed by atoms with Crippen LogP contribution in [0.1, 0.15) is 37.9 Å². The number of benzene rings is 1. The number of para-hydroxylation sites is 1. The highest BCUT2D eigenvalue weighted by Gasteiger charge is 2.42. The van der Waals surface area contributed by atoms with Crippen molar-refractivity contribution in [2.24, 2.45) is 11.8 Å². The van der Waals surface area contributed by atoms with Crippen molar-refractivity contribution in [2.75, 3.05) is 13.1 Å². The minimum atomic E-state index is -0.409. The molecule has 3 aliphatic heterocycles. The van der Waals surface area contributed by atoms with Crippen molar-refractivity contribution in [1.82, 2.24) is 9.88 Å². The van der Waals surface area contributed by atoms with E-state index in [1.165, 1.54) is 12.8 Å². The Hall–Kier alpha value is -1.45. The van der Waals surface area contributed by atoms with Gasteiger partial charge in [-0.25, -0.2) is 0 Å². The van der Waals surface area contributed by atoms with Crippen molar-refractivity contribution in [3.05, 3.63) is 42.1 Å². The molecule has 0 radical (unpaired) electrons. The maximum atomic E-state index is 11.1. The fraction of sp³-hybridized carbons (Fsp3) is 0.526. The topological polar surface area (TPSA) is 36.4 Å². The first-order chi connectivity index (χ1) is 10.8. The highest BCUT2D eigenvalue weighted by atomic mass is 16.3. The van der Waals surface area contributed by atoms with Gasteiger partial charge in [0, 0.05) is 24.2 Å². The van der Waals surface area contributed by atoms with E-state index in [4.69, 9.17) is 0 Å². The summed E-state index contributed by atoms with van der Waals surface area (Å²) in [6.07, 6.45) is 5.12. The predicted molar refractivity (Wildman–Crippen MR) is 88.6 cm³/mol. The first-order valence-corrected chi connectivity index (χ1v) is 8.53. The highest BCUT2D eigenvalue weighted by molar-refractivity contribution is 5.82. The lowest BCUT2D eigenvalue weighted by Gasteiger charge is -2.51. The van der Waals surface area contributed by atoms with E-state index >= 15 is 0 Å². The minimum absolute atomic E-state index is 0.271. The van der Waals surface area contributed by atoms with Crippen LogP contribution in [0.15, 0.2) is 36.5 Å². The molecule has 0 amide bonds. The molecule has 4 heterocycles. The molecule has 0 aliphatic carbocycles. The number of fused-ring (bicyclic) bond motifs is 4. The molecule has 5 atom stereocenters. The zero-order valence-corrected chi connectivity index (χ0v) is 13.2. The molecular formula is C19H24N2O. The number of hydrogen-bond acceptors (Lipinski definition) is 3. The van der Waals surface area contributed by atoms with Crippen molar-refractivity contribution >= 4 is 10.9 Å². The Balaban J connectivity index is 1.66. The van der Waals surface area contributed by atoms with Crippen molar-refractivity contribution in [1.29, 1.82) is 0 Å². The van der Waals surface area contributed by atoms with E-state index in [-0.39, 0.29) is 6.04 Å². The van der Waals surface area contributed by atoms with Crippen LogP contribution in [-0.2, 0) is 0 Å². The minimum Gasteiger partial charge on any atom is -0.387 e. The summed E-state index contributed by atoms with van der Waals surface area (Å²) < 4.78 is 0. The Kier molecular flexibility index (Phi) is 3.63. The lowest BCUT2D eigenvalue weighted by atomic mass is 9.72. The van der Waals surface area contributed by atoms with Gasteiger partial charge in [0.1, 0.15) is 0 Å². The van der Waals surface area contributed by atoms with Gasteiger partial charge in [0.15, 0.2) is 0 Å². The number of aromatic nitrogens is 1. The monoisotopic (exact) mass is 296 g/mol. The Morgan fingerprint density at radius 1 is 1.32 bits per heavy atom. The van der Waals surface area contributed by atoms with E-state index in [1.807, 2.05) is 30.5 Å². The Bertz CT molecular complexity index is 666. The summed E-state index contributed by atoms with van der Waals surface area (Å²) >= 11 is 0. The average Bonchev–Trinajstić information content (AvgIpc) is 2.60. The van der Waals surface area contributed by atoms with E-state index in [1.54, 1.807) is 0 Å². The van der Waals surface area contributed by atoms with Gasteiger partial charge in [-0.1, -0.05) is 31.5 Å². The molecule has 3 saturated heterocycles. The molecule has 3 nitrogen and oxygen atoms in total. The van der Waals surface area contributed by atoms with Crippen LogP contribution in [-0.4, -0.2) is 34.1 Å². The van der Waals surface area contributed by atoms with Gasteiger partial charge in [0.2, 0.25) is 0 Å². The fourth-order valence-corrected chi connectivity index (χ4v) is 4.55. The number of aliphatic hydroxyl groups excluding tert-OH is 1. The molecule has 3 fully saturated rings. The van der Waals surface area contributed by atoms with Gasteiger partial charge in [-0.2, -0.15) is 0 Å². The molecule has 22 heavy (non-hydrogen) atoms. The smallest absolute Gasteiger partial charge is 0.0952 e. The molecule has 1 aromatic carbocycles. The summed E-state index contributed by atoms with van der Waals surface area (Å²) in [6, 6.07) is 10.4. The first kappa shape index (κ1) is 14.2. The molecule has 3 aliphatic rings.